The van der Waals surface area contributed by atoms with Gasteiger partial charge in [0.1, 0.15) is 17.7 Å². The maximum absolute atomic E-state index is 14.5. The number of aliphatic hydroxyl groups is 1. The molecule has 4 heterocycles. The Kier molecular flexibility index (Phi) is 11.9. The molecule has 0 unspecified atom stereocenters. The highest BCUT2D eigenvalue weighted by Gasteiger charge is 2.39. The van der Waals surface area contributed by atoms with Crippen LogP contribution in [0.15, 0.2) is 42.9 Å². The zero-order valence-electron chi connectivity index (χ0n) is 32.0. The molecular formula is C41H58N6O5. The molecule has 3 fully saturated rings. The summed E-state index contributed by atoms with van der Waals surface area (Å²) < 4.78 is 13.3. The van der Waals surface area contributed by atoms with Gasteiger partial charge in [-0.1, -0.05) is 13.8 Å². The van der Waals surface area contributed by atoms with Crippen LogP contribution in [-0.4, -0.2) is 80.2 Å². The third kappa shape index (κ3) is 8.62. The van der Waals surface area contributed by atoms with Gasteiger partial charge in [-0.25, -0.2) is 9.78 Å². The van der Waals surface area contributed by atoms with Gasteiger partial charge in [-0.2, -0.15) is 5.10 Å². The van der Waals surface area contributed by atoms with Crippen molar-refractivity contribution in [1.29, 1.82) is 0 Å². The number of pyridine rings is 2. The lowest BCUT2D eigenvalue weighted by atomic mass is 9.79. The van der Waals surface area contributed by atoms with Gasteiger partial charge in [-0.05, 0) is 127 Å². The van der Waals surface area contributed by atoms with Crippen LogP contribution in [0, 0.1) is 24.7 Å². The number of likely N-dealkylation sites (tertiary alicyclic amines) is 1. The summed E-state index contributed by atoms with van der Waals surface area (Å²) in [4.78, 5) is 40.8. The number of rotatable bonds is 10. The van der Waals surface area contributed by atoms with E-state index in [9.17, 15) is 14.7 Å². The van der Waals surface area contributed by atoms with E-state index in [-0.39, 0.29) is 36.0 Å². The molecule has 6 rings (SSSR count). The molecule has 11 nitrogen and oxygen atoms in total. The summed E-state index contributed by atoms with van der Waals surface area (Å²) in [5.41, 5.74) is 3.30. The smallest absolute Gasteiger partial charge is 0.410 e. The first-order valence-electron chi connectivity index (χ1n) is 19.5. The highest BCUT2D eigenvalue weighted by molar-refractivity contribution is 5.94. The molecule has 3 aliphatic rings. The number of methoxy groups -OCH3 is 1. The van der Waals surface area contributed by atoms with E-state index < -0.39 is 5.60 Å². The van der Waals surface area contributed by atoms with E-state index in [4.69, 9.17) is 19.4 Å². The van der Waals surface area contributed by atoms with Gasteiger partial charge < -0.3 is 19.5 Å². The molecule has 11 heteroatoms. The quantitative estimate of drug-likeness (QED) is 0.227. The summed E-state index contributed by atoms with van der Waals surface area (Å²) in [5.74, 6) is 2.32. The molecular weight excluding hydrogens is 656 g/mol. The van der Waals surface area contributed by atoms with E-state index in [1.165, 1.54) is 0 Å². The largest absolute Gasteiger partial charge is 0.495 e. The number of hydrogen-bond acceptors (Lipinski definition) is 8. The van der Waals surface area contributed by atoms with E-state index in [0.29, 0.717) is 75.8 Å². The van der Waals surface area contributed by atoms with Gasteiger partial charge >= 0.3 is 6.09 Å². The highest BCUT2D eigenvalue weighted by atomic mass is 16.6. The summed E-state index contributed by atoms with van der Waals surface area (Å²) in [7, 11) is 1.68. The molecule has 2 saturated carbocycles. The second kappa shape index (κ2) is 16.4. The maximum atomic E-state index is 14.5. The Hall–Kier alpha value is -3.99. The third-order valence-electron chi connectivity index (χ3n) is 12.0. The van der Waals surface area contributed by atoms with Crippen LogP contribution in [0.4, 0.5) is 10.6 Å². The molecule has 2 aliphatic carbocycles. The van der Waals surface area contributed by atoms with E-state index in [1.54, 1.807) is 18.2 Å². The van der Waals surface area contributed by atoms with Crippen LogP contribution < -0.4 is 9.64 Å². The molecule has 0 radical (unpaired) electrons. The van der Waals surface area contributed by atoms with Crippen LogP contribution in [0.3, 0.4) is 0 Å². The molecule has 0 bridgehead atoms. The lowest BCUT2D eigenvalue weighted by Crippen LogP contribution is -2.50. The van der Waals surface area contributed by atoms with Gasteiger partial charge in [0.15, 0.2) is 0 Å². The zero-order chi connectivity index (χ0) is 37.0. The van der Waals surface area contributed by atoms with Crippen LogP contribution in [0.1, 0.15) is 115 Å². The predicted octanol–water partition coefficient (Wildman–Crippen LogP) is 7.72. The Bertz CT molecular complexity index is 1670. The van der Waals surface area contributed by atoms with Crippen LogP contribution in [0.5, 0.6) is 5.75 Å². The minimum absolute atomic E-state index is 0.103. The van der Waals surface area contributed by atoms with E-state index in [2.05, 4.69) is 25.0 Å². The SMILES string of the molecule is COc1ccc(C2CCC(CN(C(=O)C3CCC(OC(=O)N4CCC(O)(C(C)C)CC4)CC3)c3cc(-c4cnn(C(C)C)c4)ccn3)CC2)nc1C. The monoisotopic (exact) mass is 714 g/mol. The summed E-state index contributed by atoms with van der Waals surface area (Å²) in [5, 5.41) is 15.4. The van der Waals surface area contributed by atoms with Crippen LogP contribution in [0.2, 0.25) is 0 Å². The Morgan fingerprint density at radius 2 is 1.69 bits per heavy atom. The van der Waals surface area contributed by atoms with Crippen molar-refractivity contribution in [3.05, 3.63) is 54.2 Å². The minimum Gasteiger partial charge on any atom is -0.495 e. The fourth-order valence-corrected chi connectivity index (χ4v) is 8.24. The van der Waals surface area contributed by atoms with Crippen molar-refractivity contribution in [3.63, 3.8) is 0 Å². The molecule has 52 heavy (non-hydrogen) atoms. The summed E-state index contributed by atoms with van der Waals surface area (Å²) >= 11 is 0. The Balaban J connectivity index is 1.12. The molecule has 1 aliphatic heterocycles. The van der Waals surface area contributed by atoms with E-state index in [0.717, 1.165) is 53.9 Å². The number of hydrogen-bond donors (Lipinski definition) is 1. The lowest BCUT2D eigenvalue weighted by Gasteiger charge is -2.41. The Labute approximate surface area is 309 Å². The van der Waals surface area contributed by atoms with Crippen molar-refractivity contribution in [2.45, 2.75) is 122 Å². The second-order valence-corrected chi connectivity index (χ2v) is 16.0. The number of aromatic nitrogens is 4. The Morgan fingerprint density at radius 1 is 0.981 bits per heavy atom. The number of nitrogens with zero attached hydrogens (tertiary/aromatic N) is 6. The fourth-order valence-electron chi connectivity index (χ4n) is 8.24. The highest BCUT2D eigenvalue weighted by Crippen LogP contribution is 2.38. The first-order valence-corrected chi connectivity index (χ1v) is 19.5. The van der Waals surface area contributed by atoms with Crippen molar-refractivity contribution in [1.82, 2.24) is 24.6 Å². The molecule has 0 spiro atoms. The molecule has 3 aromatic rings. The number of amides is 2. The van der Waals surface area contributed by atoms with Crippen LogP contribution >= 0.6 is 0 Å². The van der Waals surface area contributed by atoms with E-state index in [1.807, 2.05) is 60.9 Å². The Morgan fingerprint density at radius 3 is 2.31 bits per heavy atom. The minimum atomic E-state index is -0.724. The number of anilines is 1. The normalized spacial score (nSPS) is 23.4. The molecule has 0 aromatic carbocycles. The summed E-state index contributed by atoms with van der Waals surface area (Å²) in [6.45, 7) is 11.9. The van der Waals surface area contributed by atoms with Crippen molar-refractivity contribution in [3.8, 4) is 16.9 Å². The van der Waals surface area contributed by atoms with Crippen molar-refractivity contribution < 1.29 is 24.2 Å². The summed E-state index contributed by atoms with van der Waals surface area (Å²) in [6.07, 6.45) is 13.0. The number of aryl methyl sites for hydroxylation is 1. The van der Waals surface area contributed by atoms with Crippen molar-refractivity contribution in [2.24, 2.45) is 17.8 Å². The van der Waals surface area contributed by atoms with Gasteiger partial charge in [0.05, 0.1) is 24.6 Å². The standard InChI is InChI=1S/C41H58N6O5/c1-27(2)41(50)18-21-45(22-19-41)40(49)52-35-13-11-32(12-14-35)39(48)46(38-23-33(17-20-42-38)34-24-43-47(26-34)28(3)4)25-30-7-9-31(10-8-30)36-15-16-37(51-6)29(5)44-36/h15-17,20,23-24,26-28,30-32,35,50H,7-14,18-19,21-22,25H2,1-6H3. The first-order chi connectivity index (χ1) is 24.9. The maximum Gasteiger partial charge on any atom is 0.410 e. The van der Waals surface area contributed by atoms with Gasteiger partial charge in [-0.3, -0.25) is 19.4 Å². The van der Waals surface area contributed by atoms with Crippen LogP contribution in [-0.2, 0) is 9.53 Å². The molecule has 282 valence electrons. The van der Waals surface area contributed by atoms with E-state index >= 15 is 0 Å². The molecule has 3 aromatic heterocycles. The number of piperidine rings is 1. The van der Waals surface area contributed by atoms with Crippen LogP contribution in [0.25, 0.3) is 11.1 Å². The predicted molar refractivity (Wildman–Crippen MR) is 201 cm³/mol. The average molecular weight is 715 g/mol. The topological polar surface area (TPSA) is 123 Å². The molecule has 1 saturated heterocycles. The number of carbonyl (C=O) groups excluding carboxylic acids is 2. The van der Waals surface area contributed by atoms with Gasteiger partial charge in [0.25, 0.3) is 0 Å². The first kappa shape index (κ1) is 37.8. The number of carbonyl (C=O) groups is 2. The number of ether oxygens (including phenoxy) is 2. The molecule has 1 N–H and O–H groups in total. The third-order valence-corrected chi connectivity index (χ3v) is 12.0. The van der Waals surface area contributed by atoms with Crippen molar-refractivity contribution >= 4 is 17.8 Å². The fraction of sp³-hybridized carbons (Fsp3) is 0.634. The van der Waals surface area contributed by atoms with Gasteiger partial charge in [-0.15, -0.1) is 0 Å². The van der Waals surface area contributed by atoms with Gasteiger partial charge in [0.2, 0.25) is 5.91 Å². The molecule has 2 amide bonds. The lowest BCUT2D eigenvalue weighted by molar-refractivity contribution is -0.124. The average Bonchev–Trinajstić information content (AvgIpc) is 3.66. The van der Waals surface area contributed by atoms with Gasteiger partial charge in [0, 0.05) is 61.2 Å². The second-order valence-electron chi connectivity index (χ2n) is 16.0. The summed E-state index contributed by atoms with van der Waals surface area (Å²) in [6, 6.07) is 8.37. The zero-order valence-corrected chi connectivity index (χ0v) is 32.0. The van der Waals surface area contributed by atoms with Crippen molar-refractivity contribution in [2.75, 3.05) is 31.6 Å². The molecule has 0 atom stereocenters.